The summed E-state index contributed by atoms with van der Waals surface area (Å²) in [5.74, 6) is -0.00513. The fourth-order valence-corrected chi connectivity index (χ4v) is 1.06. The lowest BCUT2D eigenvalue weighted by molar-refractivity contribution is 0.0786. The highest BCUT2D eigenvalue weighted by Crippen LogP contribution is 2.09. The van der Waals surface area contributed by atoms with Crippen molar-refractivity contribution in [2.75, 3.05) is 0 Å². The van der Waals surface area contributed by atoms with Crippen LogP contribution in [0.3, 0.4) is 0 Å². The molecular formula is C11H15NO2. The van der Waals surface area contributed by atoms with Crippen LogP contribution in [0.2, 0.25) is 0 Å². The van der Waals surface area contributed by atoms with Crippen molar-refractivity contribution in [3.05, 3.63) is 30.1 Å². The van der Waals surface area contributed by atoms with Gasteiger partial charge in [-0.25, -0.2) is 0 Å². The van der Waals surface area contributed by atoms with Crippen molar-refractivity contribution < 1.29 is 9.90 Å². The van der Waals surface area contributed by atoms with Crippen LogP contribution in [0.1, 0.15) is 30.8 Å². The Balaban J connectivity index is 2.60. The molecule has 0 spiro atoms. The minimum absolute atomic E-state index is 0.0997. The first-order valence-corrected chi connectivity index (χ1v) is 4.73. The average Bonchev–Trinajstić information content (AvgIpc) is 2.19. The van der Waals surface area contributed by atoms with Gasteiger partial charge in [-0.3, -0.25) is 9.78 Å². The molecule has 0 aliphatic rings. The molecule has 0 saturated carbocycles. The third-order valence-electron chi connectivity index (χ3n) is 2.11. The summed E-state index contributed by atoms with van der Waals surface area (Å²) in [5, 5.41) is 9.51. The van der Waals surface area contributed by atoms with Crippen molar-refractivity contribution in [3.63, 3.8) is 0 Å². The first-order valence-electron chi connectivity index (χ1n) is 4.73. The SMILES string of the molecule is CC(C)C(O)CC(=O)c1ccccn1. The van der Waals surface area contributed by atoms with Gasteiger partial charge in [-0.15, -0.1) is 0 Å². The summed E-state index contributed by atoms with van der Waals surface area (Å²) in [7, 11) is 0. The second-order valence-corrected chi connectivity index (χ2v) is 3.65. The van der Waals surface area contributed by atoms with E-state index in [0.717, 1.165) is 0 Å². The minimum atomic E-state index is -0.579. The van der Waals surface area contributed by atoms with Crippen molar-refractivity contribution in [1.29, 1.82) is 0 Å². The molecule has 0 aliphatic carbocycles. The molecule has 1 atom stereocenters. The van der Waals surface area contributed by atoms with Crippen LogP contribution in [0, 0.1) is 5.92 Å². The maximum Gasteiger partial charge on any atom is 0.183 e. The number of carbonyl (C=O) groups excluding carboxylic acids is 1. The fourth-order valence-electron chi connectivity index (χ4n) is 1.06. The van der Waals surface area contributed by atoms with E-state index in [9.17, 15) is 9.90 Å². The van der Waals surface area contributed by atoms with E-state index in [4.69, 9.17) is 0 Å². The summed E-state index contributed by atoms with van der Waals surface area (Å²) in [6.07, 6.45) is 1.15. The topological polar surface area (TPSA) is 50.2 Å². The molecule has 0 amide bonds. The Hall–Kier alpha value is -1.22. The third kappa shape index (κ3) is 2.92. The van der Waals surface area contributed by atoms with Gasteiger partial charge in [-0.05, 0) is 18.1 Å². The first-order chi connectivity index (χ1) is 6.61. The van der Waals surface area contributed by atoms with Gasteiger partial charge in [0.05, 0.1) is 6.10 Å². The van der Waals surface area contributed by atoms with Crippen molar-refractivity contribution in [1.82, 2.24) is 4.98 Å². The molecule has 0 saturated heterocycles. The van der Waals surface area contributed by atoms with Gasteiger partial charge < -0.3 is 5.11 Å². The molecule has 0 bridgehead atoms. The number of nitrogens with zero attached hydrogens (tertiary/aromatic N) is 1. The Morgan fingerprint density at radius 3 is 2.71 bits per heavy atom. The maximum atomic E-state index is 11.5. The number of rotatable bonds is 4. The lowest BCUT2D eigenvalue weighted by atomic mass is 10.0. The predicted octanol–water partition coefficient (Wildman–Crippen LogP) is 1.67. The van der Waals surface area contributed by atoms with Gasteiger partial charge in [-0.2, -0.15) is 0 Å². The number of aromatic nitrogens is 1. The average molecular weight is 193 g/mol. The first kappa shape index (κ1) is 10.9. The van der Waals surface area contributed by atoms with E-state index in [1.807, 2.05) is 13.8 Å². The van der Waals surface area contributed by atoms with Crippen molar-refractivity contribution >= 4 is 5.78 Å². The molecule has 1 unspecified atom stereocenters. The highest BCUT2D eigenvalue weighted by Gasteiger charge is 2.15. The van der Waals surface area contributed by atoms with E-state index in [1.165, 1.54) is 0 Å². The lowest BCUT2D eigenvalue weighted by Gasteiger charge is -2.12. The number of aliphatic hydroxyl groups excluding tert-OH is 1. The minimum Gasteiger partial charge on any atom is -0.392 e. The van der Waals surface area contributed by atoms with Crippen LogP contribution < -0.4 is 0 Å². The summed E-state index contributed by atoms with van der Waals surface area (Å²) in [6.45, 7) is 3.77. The van der Waals surface area contributed by atoms with Crippen LogP contribution in [0.15, 0.2) is 24.4 Å². The van der Waals surface area contributed by atoms with Crippen LogP contribution in [0.5, 0.6) is 0 Å². The Morgan fingerprint density at radius 1 is 1.50 bits per heavy atom. The maximum absolute atomic E-state index is 11.5. The quantitative estimate of drug-likeness (QED) is 0.740. The van der Waals surface area contributed by atoms with Crippen LogP contribution in [0.4, 0.5) is 0 Å². The van der Waals surface area contributed by atoms with Gasteiger partial charge in [0.15, 0.2) is 5.78 Å². The standard InChI is InChI=1S/C11H15NO2/c1-8(2)10(13)7-11(14)9-5-3-4-6-12-9/h3-6,8,10,13H,7H2,1-2H3. The normalized spacial score (nSPS) is 12.9. The molecule has 3 nitrogen and oxygen atoms in total. The van der Waals surface area contributed by atoms with E-state index in [0.29, 0.717) is 5.69 Å². The monoisotopic (exact) mass is 193 g/mol. The molecule has 76 valence electrons. The van der Waals surface area contributed by atoms with Crippen LogP contribution >= 0.6 is 0 Å². The van der Waals surface area contributed by atoms with Crippen LogP contribution in [-0.4, -0.2) is 22.0 Å². The molecule has 0 aliphatic heterocycles. The molecule has 0 aromatic carbocycles. The van der Waals surface area contributed by atoms with Crippen molar-refractivity contribution in [3.8, 4) is 0 Å². The summed E-state index contributed by atoms with van der Waals surface area (Å²) in [6, 6.07) is 5.19. The molecule has 3 heteroatoms. The Kier molecular flexibility index (Phi) is 3.77. The van der Waals surface area contributed by atoms with Gasteiger partial charge in [-0.1, -0.05) is 19.9 Å². The molecule has 0 radical (unpaired) electrons. The second kappa shape index (κ2) is 4.86. The molecule has 1 N–H and O–H groups in total. The smallest absolute Gasteiger partial charge is 0.183 e. The summed E-state index contributed by atoms with van der Waals surface area (Å²) < 4.78 is 0. The fraction of sp³-hybridized carbons (Fsp3) is 0.455. The molecule has 14 heavy (non-hydrogen) atoms. The van der Waals surface area contributed by atoms with Gasteiger partial charge in [0, 0.05) is 12.6 Å². The summed E-state index contributed by atoms with van der Waals surface area (Å²) in [5.41, 5.74) is 0.423. The summed E-state index contributed by atoms with van der Waals surface area (Å²) in [4.78, 5) is 15.5. The number of pyridine rings is 1. The van der Waals surface area contributed by atoms with Crippen LogP contribution in [0.25, 0.3) is 0 Å². The van der Waals surface area contributed by atoms with Crippen molar-refractivity contribution in [2.45, 2.75) is 26.4 Å². The van der Waals surface area contributed by atoms with E-state index in [-0.39, 0.29) is 18.1 Å². The number of aliphatic hydroxyl groups is 1. The Morgan fingerprint density at radius 2 is 2.21 bits per heavy atom. The lowest BCUT2D eigenvalue weighted by Crippen LogP contribution is -2.19. The van der Waals surface area contributed by atoms with E-state index in [2.05, 4.69) is 4.98 Å². The molecule has 1 aromatic rings. The zero-order valence-electron chi connectivity index (χ0n) is 8.47. The van der Waals surface area contributed by atoms with E-state index >= 15 is 0 Å². The van der Waals surface area contributed by atoms with Crippen LogP contribution in [-0.2, 0) is 0 Å². The zero-order valence-corrected chi connectivity index (χ0v) is 8.47. The Labute approximate surface area is 83.8 Å². The zero-order chi connectivity index (χ0) is 10.6. The molecule has 0 fully saturated rings. The van der Waals surface area contributed by atoms with E-state index in [1.54, 1.807) is 24.4 Å². The number of carbonyl (C=O) groups is 1. The van der Waals surface area contributed by atoms with Crippen molar-refractivity contribution in [2.24, 2.45) is 5.92 Å². The largest absolute Gasteiger partial charge is 0.392 e. The third-order valence-corrected chi connectivity index (χ3v) is 2.11. The Bertz CT molecular complexity index is 295. The second-order valence-electron chi connectivity index (χ2n) is 3.65. The summed E-state index contributed by atoms with van der Waals surface area (Å²) >= 11 is 0. The van der Waals surface area contributed by atoms with E-state index < -0.39 is 6.10 Å². The van der Waals surface area contributed by atoms with Gasteiger partial charge in [0.2, 0.25) is 0 Å². The molecule has 1 heterocycles. The molecule has 1 aromatic heterocycles. The molecular weight excluding hydrogens is 178 g/mol. The number of Topliss-reactive ketones (excluding diaryl/α,β-unsaturated/α-hetero) is 1. The van der Waals surface area contributed by atoms with Gasteiger partial charge in [0.25, 0.3) is 0 Å². The predicted molar refractivity (Wildman–Crippen MR) is 54.0 cm³/mol. The highest BCUT2D eigenvalue weighted by molar-refractivity contribution is 5.94. The number of hydrogen-bond donors (Lipinski definition) is 1. The van der Waals surface area contributed by atoms with Gasteiger partial charge >= 0.3 is 0 Å². The number of ketones is 1. The number of hydrogen-bond acceptors (Lipinski definition) is 3. The molecule has 1 rings (SSSR count). The van der Waals surface area contributed by atoms with Gasteiger partial charge in [0.1, 0.15) is 5.69 Å². The highest BCUT2D eigenvalue weighted by atomic mass is 16.3.